The molecule has 1 aliphatic rings. The number of halogens is 1. The minimum atomic E-state index is -0.818. The molecule has 0 unspecified atom stereocenters. The molecule has 11 nitrogen and oxygen atoms in total. The number of hydrogen-bond donors (Lipinski definition) is 0. The summed E-state index contributed by atoms with van der Waals surface area (Å²) in [6.45, 7) is 4.27. The molecule has 222 valence electrons. The first-order chi connectivity index (χ1) is 20.3. The van der Waals surface area contributed by atoms with Crippen molar-refractivity contribution < 1.29 is 38.0 Å². The topological polar surface area (TPSA) is 124 Å². The number of esters is 2. The number of aromatic nitrogens is 1. The molecule has 2 heterocycles. The Hall–Kier alpha value is -4.10. The summed E-state index contributed by atoms with van der Waals surface area (Å²) in [5.74, 6) is 0.544. The van der Waals surface area contributed by atoms with Crippen molar-refractivity contribution in [2.45, 2.75) is 19.9 Å². The molecule has 13 heteroatoms. The second-order valence-electron chi connectivity index (χ2n) is 8.65. The maximum atomic E-state index is 13.9. The van der Waals surface area contributed by atoms with Gasteiger partial charge in [-0.05, 0) is 71.2 Å². The summed E-state index contributed by atoms with van der Waals surface area (Å²) in [5, 5.41) is 0. The van der Waals surface area contributed by atoms with E-state index in [-0.39, 0.29) is 17.7 Å². The van der Waals surface area contributed by atoms with Crippen LogP contribution in [0.15, 0.2) is 56.4 Å². The lowest BCUT2D eigenvalue weighted by Gasteiger charge is -2.23. The molecule has 4 rings (SSSR count). The highest BCUT2D eigenvalue weighted by molar-refractivity contribution is 9.10. The highest BCUT2D eigenvalue weighted by atomic mass is 79.9. The van der Waals surface area contributed by atoms with Crippen LogP contribution in [0.25, 0.3) is 6.08 Å². The highest BCUT2D eigenvalue weighted by Crippen LogP contribution is 2.37. The van der Waals surface area contributed by atoms with E-state index in [0.29, 0.717) is 61.1 Å². The van der Waals surface area contributed by atoms with Crippen molar-refractivity contribution in [3.63, 3.8) is 0 Å². The van der Waals surface area contributed by atoms with Crippen LogP contribution in [0, 0.1) is 0 Å². The van der Waals surface area contributed by atoms with Crippen LogP contribution < -0.4 is 33.8 Å². The van der Waals surface area contributed by atoms with Gasteiger partial charge < -0.3 is 28.4 Å². The lowest BCUT2D eigenvalue weighted by Crippen LogP contribution is -2.39. The minimum absolute atomic E-state index is 0.194. The van der Waals surface area contributed by atoms with Crippen molar-refractivity contribution in [3.05, 3.63) is 77.4 Å². The molecule has 0 saturated carbocycles. The predicted molar refractivity (Wildman–Crippen MR) is 158 cm³/mol. The van der Waals surface area contributed by atoms with E-state index in [1.165, 1.54) is 43.4 Å². The molecule has 0 aliphatic carbocycles. The summed E-state index contributed by atoms with van der Waals surface area (Å²) in [5.41, 5.74) is 1.08. The first-order valence-electron chi connectivity index (χ1n) is 12.8. The van der Waals surface area contributed by atoms with Gasteiger partial charge in [0.05, 0.1) is 55.2 Å². The van der Waals surface area contributed by atoms with E-state index in [0.717, 1.165) is 0 Å². The minimum Gasteiger partial charge on any atom is -0.493 e. The number of carbonyl (C=O) groups is 2. The Bertz CT molecular complexity index is 1710. The van der Waals surface area contributed by atoms with Gasteiger partial charge in [0.2, 0.25) is 0 Å². The van der Waals surface area contributed by atoms with Crippen LogP contribution in [0.5, 0.6) is 23.0 Å². The van der Waals surface area contributed by atoms with Crippen molar-refractivity contribution >= 4 is 45.3 Å². The van der Waals surface area contributed by atoms with Gasteiger partial charge >= 0.3 is 11.9 Å². The largest absolute Gasteiger partial charge is 0.493 e. The van der Waals surface area contributed by atoms with Gasteiger partial charge in [0, 0.05) is 6.20 Å². The van der Waals surface area contributed by atoms with Crippen molar-refractivity contribution in [1.82, 2.24) is 4.57 Å². The molecule has 0 amide bonds. The molecule has 0 radical (unpaired) electrons. The number of ether oxygens (including phenoxy) is 6. The van der Waals surface area contributed by atoms with Crippen LogP contribution in [0.3, 0.4) is 0 Å². The SMILES string of the molecule is CCOc1ccc([C@@H]2C(C(=O)OC)=CN=c3s/c(=C\c4cc(Br)c(OCC(=O)OC)c(OC)c4)c(=O)n32)cc1OCC. The zero-order valence-corrected chi connectivity index (χ0v) is 26.0. The van der Waals surface area contributed by atoms with Gasteiger partial charge in [0.15, 0.2) is 34.4 Å². The van der Waals surface area contributed by atoms with E-state index in [9.17, 15) is 14.4 Å². The third-order valence-corrected chi connectivity index (χ3v) is 7.71. The van der Waals surface area contributed by atoms with Crippen LogP contribution in [-0.2, 0) is 19.1 Å². The quantitative estimate of drug-likeness (QED) is 0.285. The first kappa shape index (κ1) is 30.8. The first-order valence-corrected chi connectivity index (χ1v) is 14.4. The Morgan fingerprint density at radius 1 is 1.00 bits per heavy atom. The zero-order chi connectivity index (χ0) is 30.4. The van der Waals surface area contributed by atoms with E-state index in [1.807, 2.05) is 13.8 Å². The van der Waals surface area contributed by atoms with Gasteiger partial charge in [-0.15, -0.1) is 0 Å². The average molecular weight is 662 g/mol. The summed E-state index contributed by atoms with van der Waals surface area (Å²) < 4.78 is 34.5. The van der Waals surface area contributed by atoms with Gasteiger partial charge in [-0.25, -0.2) is 14.6 Å². The maximum Gasteiger partial charge on any atom is 0.343 e. The number of hydrogen-bond acceptors (Lipinski definition) is 11. The Morgan fingerprint density at radius 3 is 2.40 bits per heavy atom. The van der Waals surface area contributed by atoms with E-state index in [4.69, 9.17) is 23.7 Å². The summed E-state index contributed by atoms with van der Waals surface area (Å²) in [6.07, 6.45) is 3.11. The monoisotopic (exact) mass is 660 g/mol. The summed E-state index contributed by atoms with van der Waals surface area (Å²) >= 11 is 4.62. The average Bonchev–Trinajstić information content (AvgIpc) is 3.30. The number of benzene rings is 2. The third-order valence-electron chi connectivity index (χ3n) is 6.12. The van der Waals surface area contributed by atoms with Gasteiger partial charge in [0.25, 0.3) is 5.56 Å². The number of fused-ring (bicyclic) bond motifs is 1. The fourth-order valence-corrected chi connectivity index (χ4v) is 5.84. The van der Waals surface area contributed by atoms with Crippen molar-refractivity contribution in [2.24, 2.45) is 4.99 Å². The predicted octanol–water partition coefficient (Wildman–Crippen LogP) is 3.14. The number of thiazole rings is 1. The number of nitrogens with zero attached hydrogens (tertiary/aromatic N) is 2. The van der Waals surface area contributed by atoms with Crippen molar-refractivity contribution in [2.75, 3.05) is 41.2 Å². The normalized spacial score (nSPS) is 14.3. The Balaban J connectivity index is 1.84. The second-order valence-corrected chi connectivity index (χ2v) is 10.5. The maximum absolute atomic E-state index is 13.9. The fraction of sp³-hybridized carbons (Fsp3) is 0.310. The van der Waals surface area contributed by atoms with E-state index >= 15 is 0 Å². The van der Waals surface area contributed by atoms with Crippen LogP contribution in [0.4, 0.5) is 0 Å². The smallest absolute Gasteiger partial charge is 0.343 e. The number of rotatable bonds is 11. The highest BCUT2D eigenvalue weighted by Gasteiger charge is 2.31. The molecular formula is C29H29BrN2O9S. The number of carbonyl (C=O) groups excluding carboxylic acids is 2. The Labute approximate surface area is 253 Å². The lowest BCUT2D eigenvalue weighted by atomic mass is 9.97. The van der Waals surface area contributed by atoms with Crippen LogP contribution in [0.2, 0.25) is 0 Å². The molecule has 0 saturated heterocycles. The Morgan fingerprint density at radius 2 is 1.74 bits per heavy atom. The standard InChI is InChI=1S/C29H29BrN2O9S/c1-6-39-20-9-8-17(13-21(20)40-7-2)25-18(28(35)38-5)14-31-29-32(25)27(34)23(42-29)12-16-10-19(30)26(22(11-16)36-3)41-15-24(33)37-4/h8-14,25H,6-7,15H2,1-5H3/b23-12-/t25-/m1/s1. The molecule has 0 N–H and O–H groups in total. The van der Waals surface area contributed by atoms with Crippen LogP contribution in [0.1, 0.15) is 31.0 Å². The van der Waals surface area contributed by atoms with Gasteiger partial charge in [-0.1, -0.05) is 17.4 Å². The summed E-state index contributed by atoms with van der Waals surface area (Å²) in [7, 11) is 4.01. The van der Waals surface area contributed by atoms with Crippen LogP contribution in [-0.4, -0.2) is 57.7 Å². The third kappa shape index (κ3) is 6.36. The van der Waals surface area contributed by atoms with E-state index < -0.39 is 18.0 Å². The summed E-state index contributed by atoms with van der Waals surface area (Å²) in [6, 6.07) is 7.88. The molecule has 0 spiro atoms. The lowest BCUT2D eigenvalue weighted by molar-refractivity contribution is -0.143. The second kappa shape index (κ2) is 13.7. The zero-order valence-electron chi connectivity index (χ0n) is 23.6. The molecule has 42 heavy (non-hydrogen) atoms. The van der Waals surface area contributed by atoms with Gasteiger partial charge in [-0.2, -0.15) is 0 Å². The molecule has 3 aromatic rings. The Kier molecular flexibility index (Phi) is 10.1. The van der Waals surface area contributed by atoms with E-state index in [2.05, 4.69) is 25.7 Å². The van der Waals surface area contributed by atoms with Crippen LogP contribution >= 0.6 is 27.3 Å². The van der Waals surface area contributed by atoms with Crippen molar-refractivity contribution in [1.29, 1.82) is 0 Å². The van der Waals surface area contributed by atoms with E-state index in [1.54, 1.807) is 36.4 Å². The molecule has 1 aliphatic heterocycles. The molecule has 0 fully saturated rings. The molecule has 1 aromatic heterocycles. The molecular weight excluding hydrogens is 632 g/mol. The molecule has 2 aromatic carbocycles. The fourth-order valence-electron chi connectivity index (χ4n) is 4.29. The molecule has 0 bridgehead atoms. The summed E-state index contributed by atoms with van der Waals surface area (Å²) in [4.78, 5) is 43.1. The van der Waals surface area contributed by atoms with Gasteiger partial charge in [0.1, 0.15) is 0 Å². The van der Waals surface area contributed by atoms with Crippen molar-refractivity contribution in [3.8, 4) is 23.0 Å². The van der Waals surface area contributed by atoms with Gasteiger partial charge in [-0.3, -0.25) is 9.36 Å². The number of methoxy groups -OCH3 is 3. The molecule has 1 atom stereocenters.